The lowest BCUT2D eigenvalue weighted by molar-refractivity contribution is -0.125. The highest BCUT2D eigenvalue weighted by atomic mass is 32.1. The average molecular weight is 330 g/mol. The monoisotopic (exact) mass is 330 g/mol. The number of amides is 1. The van der Waals surface area contributed by atoms with Crippen LogP contribution in [0.3, 0.4) is 0 Å². The van der Waals surface area contributed by atoms with E-state index in [0.717, 1.165) is 10.1 Å². The Kier molecular flexibility index (Phi) is 5.02. The van der Waals surface area contributed by atoms with Gasteiger partial charge in [0.05, 0.1) is 6.07 Å². The summed E-state index contributed by atoms with van der Waals surface area (Å²) in [4.78, 5) is 24.4. The summed E-state index contributed by atoms with van der Waals surface area (Å²) in [5.74, 6) is -1.09. The van der Waals surface area contributed by atoms with Crippen LogP contribution in [0.15, 0.2) is 30.3 Å². The van der Waals surface area contributed by atoms with Crippen molar-refractivity contribution in [3.63, 3.8) is 0 Å². The van der Waals surface area contributed by atoms with Gasteiger partial charge in [0.15, 0.2) is 6.61 Å². The van der Waals surface area contributed by atoms with Crippen molar-refractivity contribution in [2.75, 3.05) is 6.61 Å². The number of rotatable bonds is 5. The van der Waals surface area contributed by atoms with Gasteiger partial charge in [0.1, 0.15) is 10.4 Å². The zero-order chi connectivity index (χ0) is 17.0. The molecule has 1 amide bonds. The van der Waals surface area contributed by atoms with Gasteiger partial charge in [-0.15, -0.1) is 11.3 Å². The third-order valence-corrected chi connectivity index (χ3v) is 4.84. The molecule has 0 spiro atoms. The fourth-order valence-corrected chi connectivity index (χ4v) is 2.87. The van der Waals surface area contributed by atoms with Gasteiger partial charge in [-0.3, -0.25) is 4.79 Å². The number of nitriles is 1. The normalized spacial score (nSPS) is 13.3. The van der Waals surface area contributed by atoms with Crippen LogP contribution < -0.4 is 5.32 Å². The van der Waals surface area contributed by atoms with Crippen molar-refractivity contribution in [1.29, 1.82) is 5.26 Å². The van der Waals surface area contributed by atoms with Crippen LogP contribution in [0.25, 0.3) is 10.1 Å². The molecule has 0 radical (unpaired) electrons. The highest BCUT2D eigenvalue weighted by molar-refractivity contribution is 7.20. The molecule has 1 atom stereocenters. The molecular weight excluding hydrogens is 312 g/mol. The molecule has 0 bridgehead atoms. The van der Waals surface area contributed by atoms with Crippen molar-refractivity contribution in [3.05, 3.63) is 35.2 Å². The molecule has 1 unspecified atom stereocenters. The molecule has 1 aromatic carbocycles. The molecule has 0 saturated carbocycles. The lowest BCUT2D eigenvalue weighted by atomic mass is 9.90. The van der Waals surface area contributed by atoms with Crippen LogP contribution in [0.4, 0.5) is 0 Å². The van der Waals surface area contributed by atoms with E-state index in [2.05, 4.69) is 11.4 Å². The number of nitrogens with one attached hydrogen (secondary N) is 1. The molecule has 0 fully saturated rings. The number of nitrogens with zero attached hydrogens (tertiary/aromatic N) is 1. The molecule has 1 N–H and O–H groups in total. The first-order chi connectivity index (χ1) is 10.9. The summed E-state index contributed by atoms with van der Waals surface area (Å²) in [6.45, 7) is 4.92. The first-order valence-corrected chi connectivity index (χ1v) is 8.05. The number of thiophene rings is 1. The van der Waals surface area contributed by atoms with E-state index in [4.69, 9.17) is 10.00 Å². The summed E-state index contributed by atoms with van der Waals surface area (Å²) in [5.41, 5.74) is -0.985. The Hall–Kier alpha value is -2.39. The predicted octanol–water partition coefficient (Wildman–Crippen LogP) is 3.11. The van der Waals surface area contributed by atoms with Gasteiger partial charge in [-0.1, -0.05) is 32.0 Å². The molecule has 23 heavy (non-hydrogen) atoms. The largest absolute Gasteiger partial charge is 0.451 e. The van der Waals surface area contributed by atoms with Gasteiger partial charge < -0.3 is 10.1 Å². The number of hydrogen-bond acceptors (Lipinski definition) is 5. The minimum Gasteiger partial charge on any atom is -0.451 e. The number of esters is 1. The highest BCUT2D eigenvalue weighted by Crippen LogP contribution is 2.25. The quantitative estimate of drug-likeness (QED) is 0.854. The molecule has 2 aromatic rings. The topological polar surface area (TPSA) is 79.2 Å². The number of carbonyl (C=O) groups excluding carboxylic acids is 2. The van der Waals surface area contributed by atoms with Crippen LogP contribution in [0.2, 0.25) is 0 Å². The van der Waals surface area contributed by atoms with Crippen molar-refractivity contribution < 1.29 is 14.3 Å². The predicted molar refractivity (Wildman–Crippen MR) is 89.1 cm³/mol. The number of benzene rings is 1. The summed E-state index contributed by atoms with van der Waals surface area (Å²) >= 11 is 1.32. The maximum atomic E-state index is 12.0. The summed E-state index contributed by atoms with van der Waals surface area (Å²) in [6.07, 6.45) is 0. The van der Waals surface area contributed by atoms with Crippen LogP contribution in [0.5, 0.6) is 0 Å². The molecule has 0 aliphatic heterocycles. The Morgan fingerprint density at radius 1 is 1.39 bits per heavy atom. The van der Waals surface area contributed by atoms with E-state index in [9.17, 15) is 9.59 Å². The average Bonchev–Trinajstić information content (AvgIpc) is 2.96. The van der Waals surface area contributed by atoms with Crippen molar-refractivity contribution in [2.45, 2.75) is 26.3 Å². The van der Waals surface area contributed by atoms with Gasteiger partial charge in [-0.2, -0.15) is 5.26 Å². The SMILES string of the molecule is CC(C)C(C)(C#N)NC(=O)COC(=O)c1cc2ccccc2s1. The van der Waals surface area contributed by atoms with E-state index in [-0.39, 0.29) is 5.92 Å². The number of fused-ring (bicyclic) bond motifs is 1. The molecule has 1 aromatic heterocycles. The summed E-state index contributed by atoms with van der Waals surface area (Å²) in [7, 11) is 0. The number of hydrogen-bond donors (Lipinski definition) is 1. The van der Waals surface area contributed by atoms with Crippen LogP contribution >= 0.6 is 11.3 Å². The van der Waals surface area contributed by atoms with Crippen molar-refractivity contribution in [3.8, 4) is 6.07 Å². The van der Waals surface area contributed by atoms with E-state index in [1.165, 1.54) is 11.3 Å². The number of ether oxygens (including phenoxy) is 1. The molecule has 1 heterocycles. The summed E-state index contributed by atoms with van der Waals surface area (Å²) in [6, 6.07) is 11.4. The van der Waals surface area contributed by atoms with Crippen LogP contribution in [-0.4, -0.2) is 24.0 Å². The van der Waals surface area contributed by atoms with Gasteiger partial charge in [0, 0.05) is 4.70 Å². The van der Waals surface area contributed by atoms with Crippen molar-refractivity contribution >= 4 is 33.3 Å². The maximum Gasteiger partial charge on any atom is 0.348 e. The molecule has 0 aliphatic carbocycles. The summed E-state index contributed by atoms with van der Waals surface area (Å²) in [5, 5.41) is 12.7. The summed E-state index contributed by atoms with van der Waals surface area (Å²) < 4.78 is 6.03. The smallest absolute Gasteiger partial charge is 0.348 e. The first kappa shape index (κ1) is 17.0. The molecule has 0 aliphatic rings. The second-order valence-corrected chi connectivity index (χ2v) is 6.83. The maximum absolute atomic E-state index is 12.0. The lowest BCUT2D eigenvalue weighted by Gasteiger charge is -2.27. The Bertz CT molecular complexity index is 742. The Morgan fingerprint density at radius 3 is 2.70 bits per heavy atom. The van der Waals surface area contributed by atoms with Gasteiger partial charge in [0.25, 0.3) is 5.91 Å². The van der Waals surface area contributed by atoms with Crippen molar-refractivity contribution in [1.82, 2.24) is 5.32 Å². The Morgan fingerprint density at radius 2 is 2.09 bits per heavy atom. The third-order valence-electron chi connectivity index (χ3n) is 3.75. The number of carbonyl (C=O) groups is 2. The lowest BCUT2D eigenvalue weighted by Crippen LogP contribution is -2.50. The fraction of sp³-hybridized carbons (Fsp3) is 0.353. The van der Waals surface area contributed by atoms with E-state index < -0.39 is 24.0 Å². The second-order valence-electron chi connectivity index (χ2n) is 5.74. The second kappa shape index (κ2) is 6.80. The highest BCUT2D eigenvalue weighted by Gasteiger charge is 2.30. The third kappa shape index (κ3) is 3.88. The van der Waals surface area contributed by atoms with Gasteiger partial charge in [-0.05, 0) is 30.4 Å². The fourth-order valence-electron chi connectivity index (χ4n) is 1.91. The molecule has 5 nitrogen and oxygen atoms in total. The molecule has 0 saturated heterocycles. The van der Waals surface area contributed by atoms with E-state index in [1.54, 1.807) is 13.0 Å². The van der Waals surface area contributed by atoms with E-state index >= 15 is 0 Å². The molecule has 2 rings (SSSR count). The minimum absolute atomic E-state index is 0.0604. The van der Waals surface area contributed by atoms with E-state index in [1.807, 2.05) is 38.1 Å². The molecular formula is C17H18N2O3S. The molecule has 6 heteroatoms. The van der Waals surface area contributed by atoms with Gasteiger partial charge in [0.2, 0.25) is 0 Å². The van der Waals surface area contributed by atoms with Crippen LogP contribution in [0, 0.1) is 17.2 Å². The standard InChI is InChI=1S/C17H18N2O3S/c1-11(2)17(3,10-18)19-15(20)9-22-16(21)14-8-12-6-4-5-7-13(12)23-14/h4-8,11H,9H2,1-3H3,(H,19,20). The Labute approximate surface area is 138 Å². The van der Waals surface area contributed by atoms with Crippen molar-refractivity contribution in [2.24, 2.45) is 5.92 Å². The van der Waals surface area contributed by atoms with Gasteiger partial charge in [-0.25, -0.2) is 4.79 Å². The van der Waals surface area contributed by atoms with Crippen LogP contribution in [0.1, 0.15) is 30.4 Å². The zero-order valence-corrected chi connectivity index (χ0v) is 14.1. The first-order valence-electron chi connectivity index (χ1n) is 7.23. The van der Waals surface area contributed by atoms with Crippen LogP contribution in [-0.2, 0) is 9.53 Å². The minimum atomic E-state index is -0.985. The van der Waals surface area contributed by atoms with E-state index in [0.29, 0.717) is 4.88 Å². The Balaban J connectivity index is 1.96. The molecule has 120 valence electrons. The zero-order valence-electron chi connectivity index (χ0n) is 13.3. The van der Waals surface area contributed by atoms with Gasteiger partial charge >= 0.3 is 5.97 Å².